The van der Waals surface area contributed by atoms with Gasteiger partial charge in [0.2, 0.25) is 0 Å². The van der Waals surface area contributed by atoms with Crippen LogP contribution in [-0.4, -0.2) is 50.8 Å². The highest BCUT2D eigenvalue weighted by Crippen LogP contribution is 2.48. The maximum Gasteiger partial charge on any atom is 0.193 e. The number of rotatable bonds is 6. The molecule has 1 aromatic carbocycles. The summed E-state index contributed by atoms with van der Waals surface area (Å²) in [6, 6.07) is 8.27. The molecule has 6 heteroatoms. The van der Waals surface area contributed by atoms with E-state index in [0.29, 0.717) is 5.92 Å². The highest BCUT2D eigenvalue weighted by atomic mass is 127. The molecule has 1 saturated heterocycles. The van der Waals surface area contributed by atoms with Gasteiger partial charge in [-0.05, 0) is 43.9 Å². The maximum atomic E-state index is 6.02. The standard InChI is InChI=1S/C19H28ClN3O.HI/c1-3-21-18(23(2)12-15-8-11-24-13-15)22-14-19(9-10-19)16-4-6-17(20)7-5-16;/h4-7,15H,3,8-14H2,1-2H3,(H,21,22);1H. The van der Waals surface area contributed by atoms with Crippen LogP contribution in [0.15, 0.2) is 29.3 Å². The van der Waals surface area contributed by atoms with Crippen molar-refractivity contribution in [1.29, 1.82) is 0 Å². The monoisotopic (exact) mass is 477 g/mol. The molecule has 2 aliphatic rings. The summed E-state index contributed by atoms with van der Waals surface area (Å²) in [5.74, 6) is 1.62. The predicted octanol–water partition coefficient (Wildman–Crippen LogP) is 3.92. The minimum Gasteiger partial charge on any atom is -0.381 e. The van der Waals surface area contributed by atoms with E-state index in [1.807, 2.05) is 12.1 Å². The third-order valence-corrected chi connectivity index (χ3v) is 5.35. The van der Waals surface area contributed by atoms with Crippen molar-refractivity contribution in [2.24, 2.45) is 10.9 Å². The van der Waals surface area contributed by atoms with Gasteiger partial charge in [-0.15, -0.1) is 24.0 Å². The molecule has 1 unspecified atom stereocenters. The summed E-state index contributed by atoms with van der Waals surface area (Å²) in [6.07, 6.45) is 3.56. The van der Waals surface area contributed by atoms with Gasteiger partial charge in [0.25, 0.3) is 0 Å². The normalized spacial score (nSPS) is 21.6. The second-order valence-corrected chi connectivity index (χ2v) is 7.50. The van der Waals surface area contributed by atoms with Crippen LogP contribution < -0.4 is 5.32 Å². The van der Waals surface area contributed by atoms with Gasteiger partial charge in [-0.1, -0.05) is 23.7 Å². The van der Waals surface area contributed by atoms with Crippen LogP contribution in [0.25, 0.3) is 0 Å². The lowest BCUT2D eigenvalue weighted by atomic mass is 9.96. The predicted molar refractivity (Wildman–Crippen MR) is 115 cm³/mol. The van der Waals surface area contributed by atoms with E-state index in [9.17, 15) is 0 Å². The topological polar surface area (TPSA) is 36.9 Å². The zero-order valence-corrected chi connectivity index (χ0v) is 18.2. The molecule has 1 saturated carbocycles. The number of ether oxygens (including phenoxy) is 1. The molecule has 0 bridgehead atoms. The van der Waals surface area contributed by atoms with Crippen molar-refractivity contribution in [3.8, 4) is 0 Å². The van der Waals surface area contributed by atoms with Gasteiger partial charge < -0.3 is 15.0 Å². The molecule has 1 aliphatic carbocycles. The Hall–Kier alpha value is -0.530. The van der Waals surface area contributed by atoms with E-state index < -0.39 is 0 Å². The zero-order chi connectivity index (χ0) is 17.0. The Morgan fingerprint density at radius 1 is 1.36 bits per heavy atom. The van der Waals surface area contributed by atoms with Crippen molar-refractivity contribution in [3.05, 3.63) is 34.9 Å². The Labute approximate surface area is 173 Å². The zero-order valence-electron chi connectivity index (χ0n) is 15.1. The van der Waals surface area contributed by atoms with Crippen LogP contribution in [0.2, 0.25) is 5.02 Å². The third-order valence-electron chi connectivity index (χ3n) is 5.09. The van der Waals surface area contributed by atoms with Crippen LogP contribution >= 0.6 is 35.6 Å². The fourth-order valence-electron chi connectivity index (χ4n) is 3.39. The lowest BCUT2D eigenvalue weighted by Gasteiger charge is -2.25. The molecule has 1 aliphatic heterocycles. The number of guanidine groups is 1. The fraction of sp³-hybridized carbons (Fsp3) is 0.632. The Morgan fingerprint density at radius 3 is 2.64 bits per heavy atom. The summed E-state index contributed by atoms with van der Waals surface area (Å²) in [7, 11) is 2.13. The van der Waals surface area contributed by atoms with Gasteiger partial charge in [-0.3, -0.25) is 4.99 Å². The average molecular weight is 478 g/mol. The molecule has 140 valence electrons. The molecular weight excluding hydrogens is 449 g/mol. The van der Waals surface area contributed by atoms with Crippen molar-refractivity contribution in [2.75, 3.05) is 39.9 Å². The summed E-state index contributed by atoms with van der Waals surface area (Å²) >= 11 is 6.02. The van der Waals surface area contributed by atoms with Gasteiger partial charge in [0.05, 0.1) is 13.2 Å². The average Bonchev–Trinajstić information content (AvgIpc) is 3.20. The van der Waals surface area contributed by atoms with Gasteiger partial charge in [-0.2, -0.15) is 0 Å². The summed E-state index contributed by atoms with van der Waals surface area (Å²) in [5.41, 5.74) is 1.57. The molecular formula is C19H29ClIN3O. The molecule has 0 aromatic heterocycles. The van der Waals surface area contributed by atoms with Crippen molar-refractivity contribution in [1.82, 2.24) is 10.2 Å². The van der Waals surface area contributed by atoms with Gasteiger partial charge in [-0.25, -0.2) is 0 Å². The van der Waals surface area contributed by atoms with Gasteiger partial charge in [0.15, 0.2) is 5.96 Å². The van der Waals surface area contributed by atoms with Crippen molar-refractivity contribution >= 4 is 41.5 Å². The second kappa shape index (κ2) is 9.42. The molecule has 1 N–H and O–H groups in total. The lowest BCUT2D eigenvalue weighted by Crippen LogP contribution is -2.42. The molecule has 0 amide bonds. The highest BCUT2D eigenvalue weighted by Gasteiger charge is 2.44. The van der Waals surface area contributed by atoms with E-state index >= 15 is 0 Å². The Kier molecular flexibility index (Phi) is 7.83. The number of benzene rings is 1. The number of halogens is 2. The number of aliphatic imine (C=N–C) groups is 1. The highest BCUT2D eigenvalue weighted by molar-refractivity contribution is 14.0. The first-order valence-electron chi connectivity index (χ1n) is 8.96. The summed E-state index contributed by atoms with van der Waals surface area (Å²) in [6.45, 7) is 6.61. The second-order valence-electron chi connectivity index (χ2n) is 7.07. The Morgan fingerprint density at radius 2 is 2.08 bits per heavy atom. The number of nitrogens with zero attached hydrogens (tertiary/aromatic N) is 2. The van der Waals surface area contributed by atoms with E-state index in [4.69, 9.17) is 21.3 Å². The first-order valence-corrected chi connectivity index (χ1v) is 9.34. The van der Waals surface area contributed by atoms with Gasteiger partial charge in [0.1, 0.15) is 0 Å². The molecule has 1 aromatic rings. The molecule has 2 fully saturated rings. The van der Waals surface area contributed by atoms with Crippen LogP contribution in [0.1, 0.15) is 31.7 Å². The van der Waals surface area contributed by atoms with E-state index in [1.165, 1.54) is 18.4 Å². The van der Waals surface area contributed by atoms with Crippen LogP contribution in [-0.2, 0) is 10.2 Å². The van der Waals surface area contributed by atoms with E-state index in [0.717, 1.165) is 50.3 Å². The smallest absolute Gasteiger partial charge is 0.193 e. The summed E-state index contributed by atoms with van der Waals surface area (Å²) in [5, 5.41) is 4.23. The van der Waals surface area contributed by atoms with Crippen molar-refractivity contribution in [2.45, 2.75) is 31.6 Å². The molecule has 0 radical (unpaired) electrons. The minimum absolute atomic E-state index is 0. The van der Waals surface area contributed by atoms with Crippen molar-refractivity contribution < 1.29 is 4.74 Å². The molecule has 25 heavy (non-hydrogen) atoms. The quantitative estimate of drug-likeness (QED) is 0.383. The number of nitrogens with one attached hydrogen (secondary N) is 1. The van der Waals surface area contributed by atoms with Crippen LogP contribution in [0.5, 0.6) is 0 Å². The lowest BCUT2D eigenvalue weighted by molar-refractivity contribution is 0.181. The van der Waals surface area contributed by atoms with Crippen LogP contribution in [0, 0.1) is 5.92 Å². The molecule has 1 atom stereocenters. The Bertz CT molecular complexity index is 569. The van der Waals surface area contributed by atoms with Gasteiger partial charge in [0, 0.05) is 43.1 Å². The van der Waals surface area contributed by atoms with E-state index in [2.05, 4.69) is 36.3 Å². The molecule has 1 heterocycles. The molecule has 0 spiro atoms. The Balaban J connectivity index is 0.00000225. The first-order chi connectivity index (χ1) is 11.6. The SMILES string of the molecule is CCNC(=NCC1(c2ccc(Cl)cc2)CC1)N(C)CC1CCOC1.I. The maximum absolute atomic E-state index is 6.02. The van der Waals surface area contributed by atoms with Crippen LogP contribution in [0.3, 0.4) is 0 Å². The van der Waals surface area contributed by atoms with Gasteiger partial charge >= 0.3 is 0 Å². The molecule has 3 rings (SSSR count). The summed E-state index contributed by atoms with van der Waals surface area (Å²) in [4.78, 5) is 7.20. The fourth-order valence-corrected chi connectivity index (χ4v) is 3.52. The van der Waals surface area contributed by atoms with E-state index in [-0.39, 0.29) is 29.4 Å². The minimum atomic E-state index is 0. The number of hydrogen-bond donors (Lipinski definition) is 1. The molecule has 4 nitrogen and oxygen atoms in total. The largest absolute Gasteiger partial charge is 0.381 e. The third kappa shape index (κ3) is 5.47. The van der Waals surface area contributed by atoms with Crippen molar-refractivity contribution in [3.63, 3.8) is 0 Å². The van der Waals surface area contributed by atoms with E-state index in [1.54, 1.807) is 0 Å². The van der Waals surface area contributed by atoms with Crippen LogP contribution in [0.4, 0.5) is 0 Å². The first kappa shape index (κ1) is 20.8. The number of hydrogen-bond acceptors (Lipinski definition) is 2. The summed E-state index contributed by atoms with van der Waals surface area (Å²) < 4.78 is 5.49.